The summed E-state index contributed by atoms with van der Waals surface area (Å²) in [6.07, 6.45) is 0. The van der Waals surface area contributed by atoms with Crippen molar-refractivity contribution in [1.82, 2.24) is 15.0 Å². The molecule has 158 valence electrons. The van der Waals surface area contributed by atoms with E-state index in [4.69, 9.17) is 21.7 Å². The number of rotatable bonds is 5. The Morgan fingerprint density at radius 1 is 0.793 bits per heavy atom. The zero-order valence-electron chi connectivity index (χ0n) is 15.1. The molecule has 0 unspecified atom stereocenters. The van der Waals surface area contributed by atoms with Gasteiger partial charge < -0.3 is 26.6 Å². The fourth-order valence-corrected chi connectivity index (χ4v) is 2.05. The molecule has 14 heteroatoms. The molecule has 0 fully saturated rings. The summed E-state index contributed by atoms with van der Waals surface area (Å²) in [5.74, 6) is -12.7. The van der Waals surface area contributed by atoms with Crippen molar-refractivity contribution in [1.29, 1.82) is 0 Å². The predicted molar refractivity (Wildman–Crippen MR) is 92.4 cm³/mol. The van der Waals surface area contributed by atoms with Crippen LogP contribution in [0.2, 0.25) is 0 Å². The summed E-state index contributed by atoms with van der Waals surface area (Å²) >= 11 is 0. The number of aromatic carboxylic acids is 2. The zero-order valence-corrected chi connectivity index (χ0v) is 15.1. The molecule has 6 N–H and O–H groups in total. The fraction of sp³-hybridized carbons (Fsp3) is 0.267. The second-order valence-electron chi connectivity index (χ2n) is 5.14. The molecule has 0 aliphatic carbocycles. The largest absolute Gasteiger partial charge is 0.477 e. The van der Waals surface area contributed by atoms with E-state index in [1.807, 2.05) is 18.7 Å². The van der Waals surface area contributed by atoms with Crippen LogP contribution in [0.3, 0.4) is 0 Å². The SMILES string of the molecule is CCN(CC)c1nc(N)nc(N)n1.O=C(O)c1c(F)c(F)c(C(=O)O)c(F)c1F. The Bertz CT molecular complexity index is 845. The normalized spacial score (nSPS) is 10.1. The lowest BCUT2D eigenvalue weighted by atomic mass is 10.1. The Morgan fingerprint density at radius 3 is 1.34 bits per heavy atom. The van der Waals surface area contributed by atoms with Gasteiger partial charge in [0.15, 0.2) is 23.3 Å². The van der Waals surface area contributed by atoms with Crippen LogP contribution in [0.4, 0.5) is 35.4 Å². The van der Waals surface area contributed by atoms with Gasteiger partial charge in [0.25, 0.3) is 0 Å². The average Bonchev–Trinajstić information content (AvgIpc) is 2.60. The molecule has 2 rings (SSSR count). The summed E-state index contributed by atoms with van der Waals surface area (Å²) in [6, 6.07) is 0. The van der Waals surface area contributed by atoms with E-state index in [1.165, 1.54) is 0 Å². The monoisotopic (exact) mass is 420 g/mol. The van der Waals surface area contributed by atoms with Crippen LogP contribution in [0.25, 0.3) is 0 Å². The third-order valence-corrected chi connectivity index (χ3v) is 3.40. The number of nitrogen functional groups attached to an aromatic ring is 2. The van der Waals surface area contributed by atoms with E-state index in [0.717, 1.165) is 13.1 Å². The van der Waals surface area contributed by atoms with Gasteiger partial charge in [-0.2, -0.15) is 15.0 Å². The van der Waals surface area contributed by atoms with Crippen molar-refractivity contribution < 1.29 is 37.4 Å². The molecule has 29 heavy (non-hydrogen) atoms. The maximum Gasteiger partial charge on any atom is 0.341 e. The maximum absolute atomic E-state index is 12.9. The summed E-state index contributed by atoms with van der Waals surface area (Å²) in [5.41, 5.74) is 7.13. The van der Waals surface area contributed by atoms with Gasteiger partial charge in [-0.05, 0) is 13.8 Å². The van der Waals surface area contributed by atoms with Crippen LogP contribution in [-0.2, 0) is 0 Å². The van der Waals surface area contributed by atoms with E-state index in [0.29, 0.717) is 5.95 Å². The fourth-order valence-electron chi connectivity index (χ4n) is 2.05. The number of benzene rings is 1. The molecule has 0 spiro atoms. The van der Waals surface area contributed by atoms with Gasteiger partial charge in [-0.25, -0.2) is 27.2 Å². The molecule has 2 aromatic rings. The Morgan fingerprint density at radius 2 is 1.10 bits per heavy atom. The number of anilines is 3. The smallest absolute Gasteiger partial charge is 0.341 e. The number of carbonyl (C=O) groups is 2. The summed E-state index contributed by atoms with van der Waals surface area (Å²) < 4.78 is 51.6. The molecule has 0 saturated carbocycles. The Hall–Kier alpha value is -3.71. The zero-order chi connectivity index (χ0) is 22.5. The third kappa shape index (κ3) is 5.18. The van der Waals surface area contributed by atoms with Gasteiger partial charge >= 0.3 is 11.9 Å². The quantitative estimate of drug-likeness (QED) is 0.411. The highest BCUT2D eigenvalue weighted by Crippen LogP contribution is 2.24. The Labute approximate surface area is 160 Å². The first-order chi connectivity index (χ1) is 13.5. The molecule has 1 aromatic carbocycles. The Kier molecular flexibility index (Phi) is 7.62. The number of hydrogen-bond acceptors (Lipinski definition) is 8. The molecular weight excluding hydrogens is 404 g/mol. The second kappa shape index (κ2) is 9.48. The van der Waals surface area contributed by atoms with Gasteiger partial charge in [-0.3, -0.25) is 0 Å². The molecule has 0 atom stereocenters. The average molecular weight is 420 g/mol. The van der Waals surface area contributed by atoms with Crippen LogP contribution >= 0.6 is 0 Å². The number of hydrogen-bond donors (Lipinski definition) is 4. The summed E-state index contributed by atoms with van der Waals surface area (Å²) in [4.78, 5) is 34.1. The molecule has 1 heterocycles. The number of nitrogens with two attached hydrogens (primary N) is 2. The predicted octanol–water partition coefficient (Wildman–Crippen LogP) is 1.52. The topological polar surface area (TPSA) is 169 Å². The first-order valence-electron chi connectivity index (χ1n) is 7.80. The van der Waals surface area contributed by atoms with Gasteiger partial charge in [0, 0.05) is 13.1 Å². The molecule has 10 nitrogen and oxygen atoms in total. The third-order valence-electron chi connectivity index (χ3n) is 3.40. The van der Waals surface area contributed by atoms with Crippen LogP contribution < -0.4 is 16.4 Å². The summed E-state index contributed by atoms with van der Waals surface area (Å²) in [5, 5.41) is 16.5. The van der Waals surface area contributed by atoms with Gasteiger partial charge in [0.1, 0.15) is 11.1 Å². The minimum atomic E-state index is -2.26. The van der Waals surface area contributed by atoms with Crippen molar-refractivity contribution in [3.63, 3.8) is 0 Å². The first-order valence-corrected chi connectivity index (χ1v) is 7.80. The summed E-state index contributed by atoms with van der Waals surface area (Å²) in [7, 11) is 0. The summed E-state index contributed by atoms with van der Waals surface area (Å²) in [6.45, 7) is 5.66. The molecule has 0 bridgehead atoms. The van der Waals surface area contributed by atoms with Crippen LogP contribution in [0, 0.1) is 23.3 Å². The minimum Gasteiger partial charge on any atom is -0.477 e. The number of halogens is 4. The van der Waals surface area contributed by atoms with Crippen molar-refractivity contribution in [3.05, 3.63) is 34.4 Å². The number of carboxylic acids is 2. The molecule has 0 aliphatic heterocycles. The van der Waals surface area contributed by atoms with Gasteiger partial charge in [0.05, 0.1) is 0 Å². The van der Waals surface area contributed by atoms with Crippen molar-refractivity contribution in [2.75, 3.05) is 29.5 Å². The van der Waals surface area contributed by atoms with Gasteiger partial charge in [-0.15, -0.1) is 0 Å². The lowest BCUT2D eigenvalue weighted by Gasteiger charge is -2.18. The standard InChI is InChI=1S/C8H2F4O4.C7H14N6/c9-3-1(7(13)14)4(10)6(12)2(5(3)11)8(15)16;1-3-13(4-2)7-11-5(8)10-6(9)12-7/h(H,13,14)(H,15,16);3-4H2,1-2H3,(H4,8,9,10,11,12). The van der Waals surface area contributed by atoms with E-state index in [2.05, 4.69) is 15.0 Å². The lowest BCUT2D eigenvalue weighted by molar-refractivity contribution is 0.0658. The van der Waals surface area contributed by atoms with E-state index in [9.17, 15) is 27.2 Å². The van der Waals surface area contributed by atoms with Crippen molar-refractivity contribution in [3.8, 4) is 0 Å². The molecule has 1 aromatic heterocycles. The van der Waals surface area contributed by atoms with E-state index in [-0.39, 0.29) is 11.9 Å². The maximum atomic E-state index is 12.9. The molecule has 0 radical (unpaired) electrons. The van der Waals surface area contributed by atoms with E-state index < -0.39 is 46.3 Å². The lowest BCUT2D eigenvalue weighted by Crippen LogP contribution is -2.25. The molecule has 0 saturated heterocycles. The molecule has 0 aliphatic rings. The molecular formula is C15H16F4N6O4. The first kappa shape index (κ1) is 23.3. The van der Waals surface area contributed by atoms with Crippen molar-refractivity contribution in [2.45, 2.75) is 13.8 Å². The number of carboxylic acid groups (broad SMARTS) is 2. The van der Waals surface area contributed by atoms with Gasteiger partial charge in [0.2, 0.25) is 17.8 Å². The van der Waals surface area contributed by atoms with Crippen LogP contribution in [0.15, 0.2) is 0 Å². The highest BCUT2D eigenvalue weighted by Gasteiger charge is 2.32. The van der Waals surface area contributed by atoms with Crippen molar-refractivity contribution in [2.24, 2.45) is 0 Å². The Balaban J connectivity index is 0.000000296. The molecule has 0 amide bonds. The number of nitrogens with zero attached hydrogens (tertiary/aromatic N) is 4. The van der Waals surface area contributed by atoms with E-state index >= 15 is 0 Å². The van der Waals surface area contributed by atoms with Crippen molar-refractivity contribution >= 4 is 29.8 Å². The van der Waals surface area contributed by atoms with Gasteiger partial charge in [-0.1, -0.05) is 0 Å². The highest BCUT2D eigenvalue weighted by molar-refractivity contribution is 5.92. The second-order valence-corrected chi connectivity index (χ2v) is 5.14. The van der Waals surface area contributed by atoms with E-state index in [1.54, 1.807) is 0 Å². The van der Waals surface area contributed by atoms with Crippen LogP contribution in [-0.4, -0.2) is 50.2 Å². The van der Waals surface area contributed by atoms with Crippen LogP contribution in [0.1, 0.15) is 34.6 Å². The van der Waals surface area contributed by atoms with Crippen LogP contribution in [0.5, 0.6) is 0 Å². The minimum absolute atomic E-state index is 0.161. The highest BCUT2D eigenvalue weighted by atomic mass is 19.2. The number of aromatic nitrogens is 3.